The molecule has 0 amide bonds. The van der Waals surface area contributed by atoms with E-state index in [2.05, 4.69) is 5.32 Å². The molecule has 0 spiro atoms. The zero-order valence-electron chi connectivity index (χ0n) is 20.1. The third-order valence-electron chi connectivity index (χ3n) is 6.43. The van der Waals surface area contributed by atoms with Gasteiger partial charge in [-0.25, -0.2) is 4.39 Å². The van der Waals surface area contributed by atoms with Gasteiger partial charge in [-0.15, -0.1) is 0 Å². The van der Waals surface area contributed by atoms with Crippen molar-refractivity contribution in [1.29, 1.82) is 0 Å². The molecule has 1 aromatic rings. The van der Waals surface area contributed by atoms with E-state index in [0.29, 0.717) is 31.7 Å². The number of piperazine rings is 1. The van der Waals surface area contributed by atoms with Crippen molar-refractivity contribution in [3.05, 3.63) is 53.2 Å². The fraction of sp³-hybridized carbons (Fsp3) is 0.560. The summed E-state index contributed by atoms with van der Waals surface area (Å²) in [6, 6.07) is 4.28. The van der Waals surface area contributed by atoms with E-state index < -0.39 is 42.1 Å². The summed E-state index contributed by atoms with van der Waals surface area (Å²) in [5, 5.41) is 22.5. The van der Waals surface area contributed by atoms with E-state index in [9.17, 15) is 28.2 Å². The lowest BCUT2D eigenvalue weighted by atomic mass is 9.83. The first-order valence-electron chi connectivity index (χ1n) is 11.7. The van der Waals surface area contributed by atoms with E-state index in [1.54, 1.807) is 49.1 Å². The number of nitrogens with zero attached hydrogens (tertiary/aromatic N) is 2. The van der Waals surface area contributed by atoms with Crippen LogP contribution in [0.1, 0.15) is 32.3 Å². The number of hydrogen-bond acceptors (Lipinski definition) is 5. The summed E-state index contributed by atoms with van der Waals surface area (Å²) in [7, 11) is 1.91. The standard InChI is InChI=1S/C25H33F4N3O3/c1-16(2)13-20(23(33)34)30-22(25(27,28)29)18-15-24(26,35)19(17-7-5-4-6-8-17)14-21(18)32-11-9-31(3)10-12-32/h4-8,14,16,20,22,30,35H,9-13,15H2,1-3H3,(H,33,34). The molecule has 2 aliphatic rings. The number of carboxylic acids is 1. The molecular weight excluding hydrogens is 466 g/mol. The minimum atomic E-state index is -4.91. The van der Waals surface area contributed by atoms with E-state index in [0.717, 1.165) is 0 Å². The van der Waals surface area contributed by atoms with Crippen LogP contribution in [0.5, 0.6) is 0 Å². The van der Waals surface area contributed by atoms with Crippen LogP contribution in [0, 0.1) is 5.92 Å². The molecule has 1 fully saturated rings. The quantitative estimate of drug-likeness (QED) is 0.474. The fourth-order valence-corrected chi connectivity index (χ4v) is 4.60. The third-order valence-corrected chi connectivity index (χ3v) is 6.43. The maximum Gasteiger partial charge on any atom is 0.407 e. The number of likely N-dealkylation sites (N-methyl/N-ethyl adjacent to an activating group) is 1. The molecule has 1 heterocycles. The van der Waals surface area contributed by atoms with Crippen molar-refractivity contribution in [2.75, 3.05) is 33.2 Å². The first-order valence-corrected chi connectivity index (χ1v) is 11.7. The van der Waals surface area contributed by atoms with Crippen molar-refractivity contribution in [2.45, 2.75) is 50.8 Å². The van der Waals surface area contributed by atoms with Crippen molar-refractivity contribution >= 4 is 11.5 Å². The Morgan fingerprint density at radius 1 is 1.14 bits per heavy atom. The fourth-order valence-electron chi connectivity index (χ4n) is 4.60. The Morgan fingerprint density at radius 3 is 2.26 bits per heavy atom. The highest BCUT2D eigenvalue weighted by Gasteiger charge is 2.50. The highest BCUT2D eigenvalue weighted by molar-refractivity contribution is 5.76. The van der Waals surface area contributed by atoms with Gasteiger partial charge in [-0.2, -0.15) is 13.2 Å². The molecule has 10 heteroatoms. The average Bonchev–Trinajstić information content (AvgIpc) is 2.76. The molecule has 1 aliphatic carbocycles. The van der Waals surface area contributed by atoms with Crippen molar-refractivity contribution in [1.82, 2.24) is 15.1 Å². The van der Waals surface area contributed by atoms with E-state index >= 15 is 4.39 Å². The maximum absolute atomic E-state index is 15.6. The number of hydrogen-bond donors (Lipinski definition) is 3. The molecule has 0 saturated carbocycles. The molecule has 1 aliphatic heterocycles. The van der Waals surface area contributed by atoms with Gasteiger partial charge in [-0.1, -0.05) is 44.2 Å². The molecule has 6 nitrogen and oxygen atoms in total. The SMILES string of the molecule is CC(C)CC(NC(C1=C(N2CCN(C)CC2)C=C(c2ccccc2)C(O)(F)C1)C(F)(F)F)C(=O)O. The maximum atomic E-state index is 15.6. The zero-order chi connectivity index (χ0) is 26.0. The smallest absolute Gasteiger partial charge is 0.407 e. The lowest BCUT2D eigenvalue weighted by Gasteiger charge is -2.41. The molecule has 3 unspecified atom stereocenters. The summed E-state index contributed by atoms with van der Waals surface area (Å²) < 4.78 is 58.8. The van der Waals surface area contributed by atoms with Crippen LogP contribution in [-0.2, 0) is 4.79 Å². The predicted molar refractivity (Wildman–Crippen MR) is 125 cm³/mol. The van der Waals surface area contributed by atoms with Gasteiger partial charge in [0.2, 0.25) is 5.85 Å². The first-order chi connectivity index (χ1) is 16.3. The first kappa shape index (κ1) is 27.2. The lowest BCUT2D eigenvalue weighted by Crippen LogP contribution is -2.54. The summed E-state index contributed by atoms with van der Waals surface area (Å²) in [5.74, 6) is -4.66. The minimum absolute atomic E-state index is 0.0377. The van der Waals surface area contributed by atoms with Crippen LogP contribution in [0.3, 0.4) is 0 Å². The number of alkyl halides is 4. The number of carboxylic acid groups (broad SMARTS) is 1. The minimum Gasteiger partial charge on any atom is -0.480 e. The second kappa shape index (κ2) is 10.7. The van der Waals surface area contributed by atoms with Gasteiger partial charge in [0, 0.05) is 43.9 Å². The highest BCUT2D eigenvalue weighted by atomic mass is 19.4. The number of aliphatic carboxylic acids is 1. The van der Waals surface area contributed by atoms with Crippen LogP contribution in [0.25, 0.3) is 5.57 Å². The van der Waals surface area contributed by atoms with Gasteiger partial charge < -0.3 is 20.0 Å². The van der Waals surface area contributed by atoms with E-state index in [1.165, 1.54) is 6.08 Å². The van der Waals surface area contributed by atoms with Crippen LogP contribution in [0.15, 0.2) is 47.7 Å². The van der Waals surface area contributed by atoms with Gasteiger partial charge in [0.25, 0.3) is 0 Å². The van der Waals surface area contributed by atoms with Crippen molar-refractivity contribution in [3.8, 4) is 0 Å². The molecule has 1 saturated heterocycles. The van der Waals surface area contributed by atoms with E-state index in [4.69, 9.17) is 0 Å². The second-order valence-electron chi connectivity index (χ2n) is 9.72. The molecule has 0 bridgehead atoms. The molecule has 1 aromatic carbocycles. The van der Waals surface area contributed by atoms with Crippen LogP contribution in [0.2, 0.25) is 0 Å². The summed E-state index contributed by atoms with van der Waals surface area (Å²) in [5.41, 5.74) is 0.0149. The van der Waals surface area contributed by atoms with E-state index in [1.807, 2.05) is 11.9 Å². The summed E-state index contributed by atoms with van der Waals surface area (Å²) in [4.78, 5) is 15.6. The summed E-state index contributed by atoms with van der Waals surface area (Å²) in [6.45, 7) is 5.45. The van der Waals surface area contributed by atoms with Crippen LogP contribution in [0.4, 0.5) is 17.6 Å². The lowest BCUT2D eigenvalue weighted by molar-refractivity contribution is -0.157. The van der Waals surface area contributed by atoms with Gasteiger partial charge in [0.1, 0.15) is 12.1 Å². The second-order valence-corrected chi connectivity index (χ2v) is 9.72. The summed E-state index contributed by atoms with van der Waals surface area (Å²) in [6.07, 6.45) is -4.59. The van der Waals surface area contributed by atoms with Crippen molar-refractivity contribution < 1.29 is 32.6 Å². The van der Waals surface area contributed by atoms with Gasteiger partial charge in [0.05, 0.1) is 0 Å². The Hall–Kier alpha value is -2.43. The van der Waals surface area contributed by atoms with Crippen LogP contribution in [-0.4, -0.2) is 83.3 Å². The molecule has 3 N–H and O–H groups in total. The number of rotatable bonds is 8. The van der Waals surface area contributed by atoms with Gasteiger partial charge in [0.15, 0.2) is 0 Å². The van der Waals surface area contributed by atoms with Gasteiger partial charge in [-0.05, 0) is 36.6 Å². The Labute approximate surface area is 202 Å². The van der Waals surface area contributed by atoms with Crippen LogP contribution < -0.4 is 5.32 Å². The van der Waals surface area contributed by atoms with Crippen LogP contribution >= 0.6 is 0 Å². The Morgan fingerprint density at radius 2 is 1.74 bits per heavy atom. The normalized spacial score (nSPS) is 23.9. The number of benzene rings is 1. The van der Waals surface area contributed by atoms with Gasteiger partial charge >= 0.3 is 12.1 Å². The number of carbonyl (C=O) groups is 1. The number of aliphatic hydroxyl groups is 1. The molecule has 3 atom stereocenters. The predicted octanol–water partition coefficient (Wildman–Crippen LogP) is 3.65. The number of allylic oxidation sites excluding steroid dienone is 1. The zero-order valence-corrected chi connectivity index (χ0v) is 20.1. The molecular formula is C25H33F4N3O3. The Balaban J connectivity index is 2.15. The Bertz CT molecular complexity index is 952. The largest absolute Gasteiger partial charge is 0.480 e. The molecule has 0 radical (unpaired) electrons. The number of halogens is 4. The third kappa shape index (κ3) is 6.62. The summed E-state index contributed by atoms with van der Waals surface area (Å²) >= 11 is 0. The van der Waals surface area contributed by atoms with Crippen molar-refractivity contribution in [2.24, 2.45) is 5.92 Å². The number of nitrogens with one attached hydrogen (secondary N) is 1. The molecule has 35 heavy (non-hydrogen) atoms. The van der Waals surface area contributed by atoms with Gasteiger partial charge in [-0.3, -0.25) is 10.1 Å². The molecule has 3 rings (SSSR count). The highest BCUT2D eigenvalue weighted by Crippen LogP contribution is 2.44. The topological polar surface area (TPSA) is 76.0 Å². The molecule has 0 aromatic heterocycles. The average molecular weight is 500 g/mol. The van der Waals surface area contributed by atoms with Crippen molar-refractivity contribution in [3.63, 3.8) is 0 Å². The monoisotopic (exact) mass is 499 g/mol. The van der Waals surface area contributed by atoms with E-state index in [-0.39, 0.29) is 23.6 Å². The molecule has 194 valence electrons. The Kier molecular flexibility index (Phi) is 8.28.